The van der Waals surface area contributed by atoms with E-state index >= 15 is 0 Å². The summed E-state index contributed by atoms with van der Waals surface area (Å²) in [5.41, 5.74) is 1.70. The summed E-state index contributed by atoms with van der Waals surface area (Å²) < 4.78 is 11.5. The van der Waals surface area contributed by atoms with Gasteiger partial charge in [0.1, 0.15) is 11.5 Å². The van der Waals surface area contributed by atoms with Crippen molar-refractivity contribution in [3.8, 4) is 11.5 Å². The molecule has 1 heterocycles. The Morgan fingerprint density at radius 2 is 1.70 bits per heavy atom. The number of rotatable bonds is 8. The molecule has 0 spiro atoms. The van der Waals surface area contributed by atoms with Gasteiger partial charge in [0.2, 0.25) is 11.8 Å². The molecule has 1 saturated heterocycles. The number of benzene rings is 2. The highest BCUT2D eigenvalue weighted by atomic mass is 16.5. The van der Waals surface area contributed by atoms with Gasteiger partial charge in [-0.05, 0) is 58.0 Å². The van der Waals surface area contributed by atoms with Gasteiger partial charge in [-0.3, -0.25) is 9.59 Å². The molecule has 1 atom stereocenters. The Morgan fingerprint density at radius 3 is 2.37 bits per heavy atom. The Balaban J connectivity index is 1.59. The van der Waals surface area contributed by atoms with E-state index in [1.165, 1.54) is 0 Å². The fraction of sp³-hybridized carbons (Fsp3) is 0.417. The molecule has 3 rings (SSSR count). The first-order chi connectivity index (χ1) is 14.3. The predicted octanol–water partition coefficient (Wildman–Crippen LogP) is 3.93. The molecule has 30 heavy (non-hydrogen) atoms. The van der Waals surface area contributed by atoms with E-state index in [0.29, 0.717) is 13.1 Å². The van der Waals surface area contributed by atoms with Crippen molar-refractivity contribution < 1.29 is 19.1 Å². The van der Waals surface area contributed by atoms with Gasteiger partial charge in [-0.2, -0.15) is 0 Å². The van der Waals surface area contributed by atoms with Gasteiger partial charge in [0.05, 0.1) is 18.1 Å². The highest BCUT2D eigenvalue weighted by Gasteiger charge is 2.35. The van der Waals surface area contributed by atoms with Gasteiger partial charge in [0.15, 0.2) is 0 Å². The summed E-state index contributed by atoms with van der Waals surface area (Å²) in [5.74, 6) is 0.987. The lowest BCUT2D eigenvalue weighted by atomic mass is 10.1. The van der Waals surface area contributed by atoms with E-state index in [1.54, 1.807) is 4.90 Å². The molecule has 6 heteroatoms. The van der Waals surface area contributed by atoms with Crippen molar-refractivity contribution in [2.45, 2.75) is 52.9 Å². The van der Waals surface area contributed by atoms with Crippen LogP contribution in [0.4, 0.5) is 5.69 Å². The van der Waals surface area contributed by atoms with Crippen LogP contribution in [0.25, 0.3) is 0 Å². The zero-order valence-electron chi connectivity index (χ0n) is 18.1. The molecule has 160 valence electrons. The summed E-state index contributed by atoms with van der Waals surface area (Å²) in [6.45, 7) is 8.61. The fourth-order valence-electron chi connectivity index (χ4n) is 3.46. The van der Waals surface area contributed by atoms with Crippen molar-refractivity contribution in [3.63, 3.8) is 0 Å². The third-order valence-electron chi connectivity index (χ3n) is 4.80. The third kappa shape index (κ3) is 5.53. The summed E-state index contributed by atoms with van der Waals surface area (Å²) in [5, 5.41) is 2.96. The molecule has 0 aliphatic carbocycles. The van der Waals surface area contributed by atoms with E-state index < -0.39 is 0 Å². The SMILES string of the molecule is CC(C)Oc1ccc(N2C[C@H](C(=O)NCc3ccccc3OC(C)C)CC2=O)cc1. The minimum Gasteiger partial charge on any atom is -0.491 e. The quantitative estimate of drug-likeness (QED) is 0.716. The largest absolute Gasteiger partial charge is 0.491 e. The number of amides is 2. The topological polar surface area (TPSA) is 67.9 Å². The smallest absolute Gasteiger partial charge is 0.227 e. The van der Waals surface area contributed by atoms with Crippen LogP contribution in [0.1, 0.15) is 39.7 Å². The van der Waals surface area contributed by atoms with Crippen molar-refractivity contribution in [1.82, 2.24) is 5.32 Å². The lowest BCUT2D eigenvalue weighted by Gasteiger charge is -2.18. The zero-order chi connectivity index (χ0) is 21.7. The van der Waals surface area contributed by atoms with Gasteiger partial charge >= 0.3 is 0 Å². The van der Waals surface area contributed by atoms with E-state index in [-0.39, 0.29) is 36.4 Å². The monoisotopic (exact) mass is 410 g/mol. The average molecular weight is 411 g/mol. The van der Waals surface area contributed by atoms with Crippen molar-refractivity contribution >= 4 is 17.5 Å². The molecule has 0 unspecified atom stereocenters. The van der Waals surface area contributed by atoms with E-state index in [2.05, 4.69) is 5.32 Å². The minimum absolute atomic E-state index is 0.0452. The van der Waals surface area contributed by atoms with Crippen molar-refractivity contribution in [1.29, 1.82) is 0 Å². The van der Waals surface area contributed by atoms with Crippen LogP contribution in [0.2, 0.25) is 0 Å². The van der Waals surface area contributed by atoms with E-state index in [0.717, 1.165) is 22.7 Å². The number of hydrogen-bond acceptors (Lipinski definition) is 4. The number of ether oxygens (including phenoxy) is 2. The summed E-state index contributed by atoms with van der Waals surface area (Å²) in [7, 11) is 0. The molecule has 0 aromatic heterocycles. The summed E-state index contributed by atoms with van der Waals surface area (Å²) >= 11 is 0. The molecule has 1 aliphatic heterocycles. The fourth-order valence-corrected chi connectivity index (χ4v) is 3.46. The van der Waals surface area contributed by atoms with Gasteiger partial charge in [0, 0.05) is 30.8 Å². The molecule has 1 fully saturated rings. The van der Waals surface area contributed by atoms with Crippen LogP contribution in [0.5, 0.6) is 11.5 Å². The highest BCUT2D eigenvalue weighted by molar-refractivity contribution is 6.00. The van der Waals surface area contributed by atoms with Crippen LogP contribution >= 0.6 is 0 Å². The van der Waals surface area contributed by atoms with Gasteiger partial charge in [0.25, 0.3) is 0 Å². The van der Waals surface area contributed by atoms with Gasteiger partial charge in [-0.1, -0.05) is 18.2 Å². The number of carbonyl (C=O) groups excluding carboxylic acids is 2. The van der Waals surface area contributed by atoms with E-state index in [9.17, 15) is 9.59 Å². The highest BCUT2D eigenvalue weighted by Crippen LogP contribution is 2.27. The standard InChI is InChI=1S/C24H30N2O4/c1-16(2)29-21-11-9-20(10-12-21)26-15-19(13-23(26)27)24(28)25-14-18-7-5-6-8-22(18)30-17(3)4/h5-12,16-17,19H,13-15H2,1-4H3,(H,25,28)/t19-/m1/s1. The van der Waals surface area contributed by atoms with Crippen molar-refractivity contribution in [2.24, 2.45) is 5.92 Å². The maximum Gasteiger partial charge on any atom is 0.227 e. The van der Waals surface area contributed by atoms with Crippen LogP contribution in [-0.4, -0.2) is 30.6 Å². The van der Waals surface area contributed by atoms with Gasteiger partial charge in [-0.25, -0.2) is 0 Å². The van der Waals surface area contributed by atoms with Crippen LogP contribution in [-0.2, 0) is 16.1 Å². The molecule has 2 aromatic carbocycles. The van der Waals surface area contributed by atoms with Gasteiger partial charge < -0.3 is 19.7 Å². The summed E-state index contributed by atoms with van der Waals surface area (Å²) in [4.78, 5) is 26.9. The average Bonchev–Trinajstić information content (AvgIpc) is 3.08. The Hall–Kier alpha value is -3.02. The third-order valence-corrected chi connectivity index (χ3v) is 4.80. The minimum atomic E-state index is -0.373. The first kappa shape index (κ1) is 21.7. The Bertz CT molecular complexity index is 877. The number of carbonyl (C=O) groups is 2. The van der Waals surface area contributed by atoms with Crippen molar-refractivity contribution in [3.05, 3.63) is 54.1 Å². The Labute approximate surface area is 178 Å². The molecular formula is C24H30N2O4. The van der Waals surface area contributed by atoms with Crippen LogP contribution in [0, 0.1) is 5.92 Å². The first-order valence-corrected chi connectivity index (χ1v) is 10.4. The van der Waals surface area contributed by atoms with Crippen LogP contribution in [0.15, 0.2) is 48.5 Å². The molecular weight excluding hydrogens is 380 g/mol. The van der Waals surface area contributed by atoms with E-state index in [1.807, 2.05) is 76.2 Å². The number of nitrogens with one attached hydrogen (secondary N) is 1. The predicted molar refractivity (Wildman–Crippen MR) is 117 cm³/mol. The van der Waals surface area contributed by atoms with Crippen LogP contribution < -0.4 is 19.7 Å². The van der Waals surface area contributed by atoms with Gasteiger partial charge in [-0.15, -0.1) is 0 Å². The lowest BCUT2D eigenvalue weighted by molar-refractivity contribution is -0.126. The second-order valence-corrected chi connectivity index (χ2v) is 8.06. The molecule has 0 radical (unpaired) electrons. The van der Waals surface area contributed by atoms with Crippen molar-refractivity contribution in [2.75, 3.05) is 11.4 Å². The maximum atomic E-state index is 12.7. The van der Waals surface area contributed by atoms with Crippen LogP contribution in [0.3, 0.4) is 0 Å². The van der Waals surface area contributed by atoms with E-state index in [4.69, 9.17) is 9.47 Å². The Kier molecular flexibility index (Phi) is 6.98. The number of para-hydroxylation sites is 1. The lowest BCUT2D eigenvalue weighted by Crippen LogP contribution is -2.32. The summed E-state index contributed by atoms with van der Waals surface area (Å²) in [6.07, 6.45) is 0.355. The number of nitrogens with zero attached hydrogens (tertiary/aromatic N) is 1. The molecule has 2 aromatic rings. The molecule has 2 amide bonds. The first-order valence-electron chi connectivity index (χ1n) is 10.4. The zero-order valence-corrected chi connectivity index (χ0v) is 18.1. The molecule has 1 N–H and O–H groups in total. The number of anilines is 1. The second kappa shape index (κ2) is 9.65. The molecule has 6 nitrogen and oxygen atoms in total. The maximum absolute atomic E-state index is 12.7. The number of hydrogen-bond donors (Lipinski definition) is 1. The molecule has 0 saturated carbocycles. The molecule has 0 bridgehead atoms. The Morgan fingerprint density at radius 1 is 1.03 bits per heavy atom. The second-order valence-electron chi connectivity index (χ2n) is 8.06. The molecule has 1 aliphatic rings. The normalized spacial score (nSPS) is 16.3. The summed E-state index contributed by atoms with van der Waals surface area (Å²) in [6, 6.07) is 15.1.